The van der Waals surface area contributed by atoms with Gasteiger partial charge in [0.25, 0.3) is 0 Å². The van der Waals surface area contributed by atoms with Crippen LogP contribution in [0.25, 0.3) is 10.8 Å². The first kappa shape index (κ1) is 25.0. The van der Waals surface area contributed by atoms with E-state index in [0.717, 1.165) is 24.0 Å². The van der Waals surface area contributed by atoms with Crippen LogP contribution in [0.15, 0.2) is 66.7 Å². The lowest BCUT2D eigenvalue weighted by Gasteiger charge is -2.33. The van der Waals surface area contributed by atoms with Crippen LogP contribution in [0.5, 0.6) is 0 Å². The van der Waals surface area contributed by atoms with Crippen LogP contribution in [0.2, 0.25) is 0 Å². The van der Waals surface area contributed by atoms with Crippen molar-refractivity contribution in [1.29, 1.82) is 0 Å². The summed E-state index contributed by atoms with van der Waals surface area (Å²) in [5, 5.41) is 5.65. The monoisotopic (exact) mass is 470 g/mol. The molecule has 1 aliphatic carbocycles. The van der Waals surface area contributed by atoms with Crippen LogP contribution in [0.1, 0.15) is 68.6 Å². The minimum atomic E-state index is -0.462. The molecule has 0 spiro atoms. The number of carbonyl (C=O) groups excluding carboxylic acids is 2. The van der Waals surface area contributed by atoms with Gasteiger partial charge >= 0.3 is 0 Å². The first-order valence-corrected chi connectivity index (χ1v) is 13.2. The molecule has 3 aromatic rings. The molecule has 1 N–H and O–H groups in total. The molecule has 2 amide bonds. The fourth-order valence-corrected chi connectivity index (χ4v) is 5.33. The van der Waals surface area contributed by atoms with Crippen LogP contribution in [0.3, 0.4) is 0 Å². The van der Waals surface area contributed by atoms with E-state index in [1.54, 1.807) is 0 Å². The number of amides is 2. The summed E-state index contributed by atoms with van der Waals surface area (Å²) in [6.07, 6.45) is 7.29. The smallest absolute Gasteiger partial charge is 0.243 e. The molecule has 0 radical (unpaired) electrons. The van der Waals surface area contributed by atoms with Gasteiger partial charge in [-0.3, -0.25) is 9.59 Å². The van der Waals surface area contributed by atoms with E-state index in [4.69, 9.17) is 0 Å². The molecule has 1 fully saturated rings. The zero-order valence-corrected chi connectivity index (χ0v) is 21.1. The molecule has 0 heterocycles. The molecule has 0 aliphatic heterocycles. The predicted molar refractivity (Wildman–Crippen MR) is 143 cm³/mol. The van der Waals surface area contributed by atoms with Crippen molar-refractivity contribution in [1.82, 2.24) is 10.2 Å². The molecule has 4 nitrogen and oxygen atoms in total. The molecule has 1 aliphatic rings. The molecule has 4 heteroatoms. The molecular formula is C31H38N2O2. The van der Waals surface area contributed by atoms with Gasteiger partial charge in [0.2, 0.25) is 11.8 Å². The zero-order valence-electron chi connectivity index (χ0n) is 21.1. The summed E-state index contributed by atoms with van der Waals surface area (Å²) in [7, 11) is 0. The number of benzene rings is 3. The largest absolute Gasteiger partial charge is 0.352 e. The zero-order chi connectivity index (χ0) is 24.6. The van der Waals surface area contributed by atoms with Crippen LogP contribution in [0, 0.1) is 6.92 Å². The van der Waals surface area contributed by atoms with Gasteiger partial charge in [0.1, 0.15) is 6.04 Å². The van der Waals surface area contributed by atoms with Crippen molar-refractivity contribution in [3.63, 3.8) is 0 Å². The van der Waals surface area contributed by atoms with Gasteiger partial charge in [-0.2, -0.15) is 0 Å². The van der Waals surface area contributed by atoms with E-state index < -0.39 is 6.04 Å². The van der Waals surface area contributed by atoms with Gasteiger partial charge in [-0.05, 0) is 60.1 Å². The SMILES string of the molecule is CC[C@@H](C(=O)NC1CCCCC1)N(Cc1ccccc1C)C(=O)CCc1cccc2ccccc12. The fraction of sp³-hybridized carbons (Fsp3) is 0.419. The highest BCUT2D eigenvalue weighted by Crippen LogP contribution is 2.23. The molecule has 0 unspecified atom stereocenters. The Labute approximate surface area is 209 Å². The van der Waals surface area contributed by atoms with Gasteiger partial charge in [-0.25, -0.2) is 0 Å². The van der Waals surface area contributed by atoms with Gasteiger partial charge in [0.15, 0.2) is 0 Å². The van der Waals surface area contributed by atoms with Crippen molar-refractivity contribution in [2.45, 2.75) is 83.8 Å². The Balaban J connectivity index is 1.54. The van der Waals surface area contributed by atoms with Gasteiger partial charge in [0.05, 0.1) is 0 Å². The highest BCUT2D eigenvalue weighted by atomic mass is 16.2. The third-order valence-electron chi connectivity index (χ3n) is 7.43. The van der Waals surface area contributed by atoms with Crippen LogP contribution in [-0.2, 0) is 22.6 Å². The maximum absolute atomic E-state index is 13.7. The van der Waals surface area contributed by atoms with Crippen LogP contribution < -0.4 is 5.32 Å². The Morgan fingerprint density at radius 2 is 1.60 bits per heavy atom. The number of fused-ring (bicyclic) bond motifs is 1. The van der Waals surface area contributed by atoms with Gasteiger partial charge in [-0.1, -0.05) is 92.9 Å². The quantitative estimate of drug-likeness (QED) is 0.397. The molecule has 4 rings (SSSR count). The van der Waals surface area contributed by atoms with Gasteiger partial charge < -0.3 is 10.2 Å². The average Bonchev–Trinajstić information content (AvgIpc) is 2.88. The number of rotatable bonds is 9. The number of hydrogen-bond donors (Lipinski definition) is 1. The lowest BCUT2D eigenvalue weighted by Crippen LogP contribution is -2.51. The predicted octanol–water partition coefficient (Wildman–Crippen LogP) is 6.34. The van der Waals surface area contributed by atoms with E-state index in [-0.39, 0.29) is 17.9 Å². The van der Waals surface area contributed by atoms with Crippen molar-refractivity contribution < 1.29 is 9.59 Å². The standard InChI is InChI=1S/C31H38N2O2/c1-3-29(31(35)32-27-17-5-4-6-18-27)33(22-26-14-8-7-12-23(26)2)30(34)21-20-25-16-11-15-24-13-9-10-19-28(24)25/h7-16,19,27,29H,3-6,17-18,20-22H2,1-2H3,(H,32,35)/t29-/m0/s1. The number of nitrogens with zero attached hydrogens (tertiary/aromatic N) is 1. The minimum Gasteiger partial charge on any atom is -0.352 e. The van der Waals surface area contributed by atoms with E-state index in [0.29, 0.717) is 25.8 Å². The highest BCUT2D eigenvalue weighted by molar-refractivity contribution is 5.89. The molecular weight excluding hydrogens is 432 g/mol. The topological polar surface area (TPSA) is 49.4 Å². The molecule has 0 bridgehead atoms. The van der Waals surface area contributed by atoms with Gasteiger partial charge in [0, 0.05) is 19.0 Å². The van der Waals surface area contributed by atoms with E-state index in [9.17, 15) is 9.59 Å². The number of nitrogens with one attached hydrogen (secondary N) is 1. The van der Waals surface area contributed by atoms with Crippen molar-refractivity contribution in [2.24, 2.45) is 0 Å². The summed E-state index contributed by atoms with van der Waals surface area (Å²) in [5.41, 5.74) is 3.41. The van der Waals surface area contributed by atoms with Crippen LogP contribution in [0.4, 0.5) is 0 Å². The van der Waals surface area contributed by atoms with Crippen molar-refractivity contribution in [2.75, 3.05) is 0 Å². The first-order chi connectivity index (χ1) is 17.1. The van der Waals surface area contributed by atoms with E-state index in [2.05, 4.69) is 54.7 Å². The Kier molecular flexibility index (Phi) is 8.57. The molecule has 1 saturated carbocycles. The summed E-state index contributed by atoms with van der Waals surface area (Å²) < 4.78 is 0. The van der Waals surface area contributed by atoms with E-state index in [1.807, 2.05) is 36.1 Å². The Hall–Kier alpha value is -3.14. The third kappa shape index (κ3) is 6.30. The van der Waals surface area contributed by atoms with E-state index in [1.165, 1.54) is 35.6 Å². The maximum Gasteiger partial charge on any atom is 0.243 e. The second-order valence-electron chi connectivity index (χ2n) is 9.85. The summed E-state index contributed by atoms with van der Waals surface area (Å²) in [5.74, 6) is 0.0262. The second-order valence-corrected chi connectivity index (χ2v) is 9.85. The lowest BCUT2D eigenvalue weighted by atomic mass is 9.95. The Morgan fingerprint density at radius 1 is 0.914 bits per heavy atom. The lowest BCUT2D eigenvalue weighted by molar-refractivity contribution is -0.141. The summed E-state index contributed by atoms with van der Waals surface area (Å²) in [6.45, 7) is 4.53. The summed E-state index contributed by atoms with van der Waals surface area (Å²) >= 11 is 0. The van der Waals surface area contributed by atoms with Gasteiger partial charge in [-0.15, -0.1) is 0 Å². The second kappa shape index (κ2) is 12.0. The van der Waals surface area contributed by atoms with E-state index >= 15 is 0 Å². The Bertz CT molecular complexity index is 1140. The normalized spacial score (nSPS) is 15.0. The molecule has 1 atom stereocenters. The van der Waals surface area contributed by atoms with Crippen LogP contribution >= 0.6 is 0 Å². The maximum atomic E-state index is 13.7. The molecule has 184 valence electrons. The highest BCUT2D eigenvalue weighted by Gasteiger charge is 2.30. The third-order valence-corrected chi connectivity index (χ3v) is 7.43. The summed E-state index contributed by atoms with van der Waals surface area (Å²) in [6, 6.07) is 22.5. The number of aryl methyl sites for hydroxylation is 2. The Morgan fingerprint density at radius 3 is 2.37 bits per heavy atom. The van der Waals surface area contributed by atoms with Crippen molar-refractivity contribution in [3.05, 3.63) is 83.4 Å². The number of hydrogen-bond acceptors (Lipinski definition) is 2. The molecule has 0 aromatic heterocycles. The summed E-state index contributed by atoms with van der Waals surface area (Å²) in [4.78, 5) is 28.9. The van der Waals surface area contributed by atoms with Crippen LogP contribution in [-0.4, -0.2) is 28.8 Å². The fourth-order valence-electron chi connectivity index (χ4n) is 5.33. The molecule has 0 saturated heterocycles. The molecule has 3 aromatic carbocycles. The van der Waals surface area contributed by atoms with Crippen molar-refractivity contribution >= 4 is 22.6 Å². The number of carbonyl (C=O) groups is 2. The average molecular weight is 471 g/mol. The minimum absolute atomic E-state index is 0.00787. The first-order valence-electron chi connectivity index (χ1n) is 13.2. The molecule has 35 heavy (non-hydrogen) atoms. The van der Waals surface area contributed by atoms with Crippen molar-refractivity contribution in [3.8, 4) is 0 Å².